The van der Waals surface area contributed by atoms with Gasteiger partial charge in [-0.3, -0.25) is 0 Å². The van der Waals surface area contributed by atoms with Crippen molar-refractivity contribution in [1.82, 2.24) is 0 Å². The number of benzene rings is 1. The molecule has 2 rings (SSSR count). The van der Waals surface area contributed by atoms with Crippen molar-refractivity contribution in [3.05, 3.63) is 29.3 Å². The zero-order chi connectivity index (χ0) is 12.8. The Labute approximate surface area is 114 Å². The van der Waals surface area contributed by atoms with Crippen LogP contribution in [0.2, 0.25) is 0 Å². The van der Waals surface area contributed by atoms with Crippen LogP contribution < -0.4 is 4.74 Å². The number of alkyl halides is 1. The third-order valence-corrected chi connectivity index (χ3v) is 3.72. The largest absolute Gasteiger partial charge is 0.493 e. The molecule has 1 unspecified atom stereocenters. The Bertz CT molecular complexity index is 379. The van der Waals surface area contributed by atoms with Crippen molar-refractivity contribution >= 4 is 11.6 Å². The number of halogens is 1. The quantitative estimate of drug-likeness (QED) is 0.556. The lowest BCUT2D eigenvalue weighted by Gasteiger charge is -2.10. The van der Waals surface area contributed by atoms with Gasteiger partial charge in [0.25, 0.3) is 0 Å². The first kappa shape index (κ1) is 13.7. The predicted molar refractivity (Wildman–Crippen MR) is 74.7 cm³/mol. The van der Waals surface area contributed by atoms with Crippen LogP contribution in [0.15, 0.2) is 18.2 Å². The van der Waals surface area contributed by atoms with Gasteiger partial charge in [-0.1, -0.05) is 12.1 Å². The van der Waals surface area contributed by atoms with Crippen LogP contribution in [-0.4, -0.2) is 25.2 Å². The average molecular weight is 269 g/mol. The molecule has 0 aliphatic carbocycles. The van der Waals surface area contributed by atoms with E-state index in [9.17, 15) is 0 Å². The molecule has 2 nitrogen and oxygen atoms in total. The van der Waals surface area contributed by atoms with Gasteiger partial charge in [-0.15, -0.1) is 11.6 Å². The summed E-state index contributed by atoms with van der Waals surface area (Å²) in [4.78, 5) is 0. The van der Waals surface area contributed by atoms with Gasteiger partial charge in [-0.05, 0) is 43.4 Å². The fourth-order valence-corrected chi connectivity index (χ4v) is 2.42. The van der Waals surface area contributed by atoms with Gasteiger partial charge in [0.1, 0.15) is 5.75 Å². The van der Waals surface area contributed by atoms with Crippen molar-refractivity contribution in [2.75, 3.05) is 19.8 Å². The highest BCUT2D eigenvalue weighted by molar-refractivity contribution is 6.20. The van der Waals surface area contributed by atoms with E-state index in [-0.39, 0.29) is 5.38 Å². The van der Waals surface area contributed by atoms with Crippen LogP contribution in [-0.2, 0) is 17.6 Å². The highest BCUT2D eigenvalue weighted by atomic mass is 35.5. The standard InChI is InChI=1S/C15H21ClO2/c1-2-17-9-8-14(16)5-3-12-4-6-15-13(11-12)7-10-18-15/h4,6,11,14H,2-3,5,7-10H2,1H3. The Morgan fingerprint density at radius 3 is 3.11 bits per heavy atom. The van der Waals surface area contributed by atoms with Gasteiger partial charge in [-0.2, -0.15) is 0 Å². The fourth-order valence-electron chi connectivity index (χ4n) is 2.22. The highest BCUT2D eigenvalue weighted by Gasteiger charge is 2.12. The summed E-state index contributed by atoms with van der Waals surface area (Å²) in [7, 11) is 0. The van der Waals surface area contributed by atoms with E-state index in [2.05, 4.69) is 18.2 Å². The van der Waals surface area contributed by atoms with Crippen molar-refractivity contribution in [2.24, 2.45) is 0 Å². The lowest BCUT2D eigenvalue weighted by Crippen LogP contribution is -2.06. The number of hydrogen-bond acceptors (Lipinski definition) is 2. The molecule has 1 heterocycles. The van der Waals surface area contributed by atoms with Crippen LogP contribution in [0.25, 0.3) is 0 Å². The van der Waals surface area contributed by atoms with E-state index >= 15 is 0 Å². The molecule has 1 aliphatic heterocycles. The monoisotopic (exact) mass is 268 g/mol. The van der Waals surface area contributed by atoms with E-state index in [0.717, 1.165) is 51.3 Å². The maximum absolute atomic E-state index is 6.28. The first-order valence-electron chi connectivity index (χ1n) is 6.76. The van der Waals surface area contributed by atoms with Crippen LogP contribution >= 0.6 is 11.6 Å². The molecule has 3 heteroatoms. The topological polar surface area (TPSA) is 18.5 Å². The van der Waals surface area contributed by atoms with Crippen LogP contribution in [0.1, 0.15) is 30.9 Å². The summed E-state index contributed by atoms with van der Waals surface area (Å²) in [6.07, 6.45) is 4.02. The third kappa shape index (κ3) is 3.89. The molecule has 0 saturated heterocycles. The molecule has 0 fully saturated rings. The van der Waals surface area contributed by atoms with Gasteiger partial charge >= 0.3 is 0 Å². The molecule has 0 saturated carbocycles. The lowest BCUT2D eigenvalue weighted by molar-refractivity contribution is 0.144. The van der Waals surface area contributed by atoms with Crippen LogP contribution in [0, 0.1) is 0 Å². The molecular weight excluding hydrogens is 248 g/mol. The van der Waals surface area contributed by atoms with Gasteiger partial charge in [-0.25, -0.2) is 0 Å². The molecule has 100 valence electrons. The molecule has 1 atom stereocenters. The van der Waals surface area contributed by atoms with Gasteiger partial charge in [0.05, 0.1) is 6.61 Å². The molecular formula is C15H21ClO2. The van der Waals surface area contributed by atoms with Gasteiger partial charge < -0.3 is 9.47 Å². The molecule has 18 heavy (non-hydrogen) atoms. The van der Waals surface area contributed by atoms with E-state index < -0.39 is 0 Å². The first-order valence-corrected chi connectivity index (χ1v) is 7.19. The van der Waals surface area contributed by atoms with E-state index in [0.29, 0.717) is 0 Å². The Morgan fingerprint density at radius 2 is 2.28 bits per heavy atom. The lowest BCUT2D eigenvalue weighted by atomic mass is 10.0. The second-order valence-electron chi connectivity index (χ2n) is 4.66. The van der Waals surface area contributed by atoms with Crippen molar-refractivity contribution in [3.8, 4) is 5.75 Å². The minimum atomic E-state index is 0.209. The molecule has 0 radical (unpaired) electrons. The van der Waals surface area contributed by atoms with Crippen molar-refractivity contribution in [1.29, 1.82) is 0 Å². The first-order chi connectivity index (χ1) is 8.79. The smallest absolute Gasteiger partial charge is 0.122 e. The second-order valence-corrected chi connectivity index (χ2v) is 5.28. The summed E-state index contributed by atoms with van der Waals surface area (Å²) in [6, 6.07) is 6.49. The molecule has 0 spiro atoms. The summed E-state index contributed by atoms with van der Waals surface area (Å²) in [5.41, 5.74) is 2.70. The Kier molecular flexibility index (Phi) is 5.33. The second kappa shape index (κ2) is 7.01. The van der Waals surface area contributed by atoms with E-state index in [1.807, 2.05) is 6.92 Å². The van der Waals surface area contributed by atoms with Gasteiger partial charge in [0, 0.05) is 25.0 Å². The van der Waals surface area contributed by atoms with Crippen molar-refractivity contribution < 1.29 is 9.47 Å². The van der Waals surface area contributed by atoms with Gasteiger partial charge in [0.15, 0.2) is 0 Å². The maximum Gasteiger partial charge on any atom is 0.122 e. The maximum atomic E-state index is 6.28. The number of ether oxygens (including phenoxy) is 2. The summed E-state index contributed by atoms with van der Waals surface area (Å²) in [6.45, 7) is 4.37. The normalized spacial score (nSPS) is 15.2. The zero-order valence-electron chi connectivity index (χ0n) is 11.0. The molecule has 1 aromatic carbocycles. The fraction of sp³-hybridized carbons (Fsp3) is 0.600. The summed E-state index contributed by atoms with van der Waals surface area (Å²) >= 11 is 6.28. The van der Waals surface area contributed by atoms with Crippen LogP contribution in [0.3, 0.4) is 0 Å². The van der Waals surface area contributed by atoms with E-state index in [4.69, 9.17) is 21.1 Å². The Morgan fingerprint density at radius 1 is 1.39 bits per heavy atom. The zero-order valence-corrected chi connectivity index (χ0v) is 11.7. The Balaban J connectivity index is 1.76. The summed E-state index contributed by atoms with van der Waals surface area (Å²) in [5.74, 6) is 1.05. The molecule has 0 aromatic heterocycles. The van der Waals surface area contributed by atoms with Crippen molar-refractivity contribution in [2.45, 2.75) is 38.0 Å². The van der Waals surface area contributed by atoms with Crippen LogP contribution in [0.4, 0.5) is 0 Å². The van der Waals surface area contributed by atoms with E-state index in [1.54, 1.807) is 0 Å². The number of hydrogen-bond donors (Lipinski definition) is 0. The molecule has 1 aliphatic rings. The number of fused-ring (bicyclic) bond motifs is 1. The number of aryl methyl sites for hydroxylation is 1. The Hall–Kier alpha value is -0.730. The minimum Gasteiger partial charge on any atom is -0.493 e. The van der Waals surface area contributed by atoms with Crippen molar-refractivity contribution in [3.63, 3.8) is 0 Å². The summed E-state index contributed by atoms with van der Waals surface area (Å²) in [5, 5.41) is 0.209. The number of rotatable bonds is 7. The molecule has 0 amide bonds. The predicted octanol–water partition coefficient (Wildman–Crippen LogP) is 3.59. The average Bonchev–Trinajstić information content (AvgIpc) is 2.84. The third-order valence-electron chi connectivity index (χ3n) is 3.28. The van der Waals surface area contributed by atoms with Crippen LogP contribution in [0.5, 0.6) is 5.75 Å². The minimum absolute atomic E-state index is 0.209. The molecule has 0 N–H and O–H groups in total. The van der Waals surface area contributed by atoms with E-state index in [1.165, 1.54) is 11.1 Å². The molecule has 0 bridgehead atoms. The highest BCUT2D eigenvalue weighted by Crippen LogP contribution is 2.26. The summed E-state index contributed by atoms with van der Waals surface area (Å²) < 4.78 is 10.8. The van der Waals surface area contributed by atoms with Gasteiger partial charge in [0.2, 0.25) is 0 Å². The molecule has 1 aromatic rings. The SMILES string of the molecule is CCOCCC(Cl)CCc1ccc2c(c1)CCO2.